The van der Waals surface area contributed by atoms with E-state index in [1.54, 1.807) is 5.56 Å². The summed E-state index contributed by atoms with van der Waals surface area (Å²) in [4.78, 5) is 0. The molecule has 0 aliphatic heterocycles. The fraction of sp³-hybridized carbons (Fsp3) is 0.600. The molecule has 1 nitrogen and oxygen atoms in total. The first-order valence-electron chi connectivity index (χ1n) is 6.58. The van der Waals surface area contributed by atoms with Crippen LogP contribution < -0.4 is 5.73 Å². The van der Waals surface area contributed by atoms with E-state index < -0.39 is 0 Å². The summed E-state index contributed by atoms with van der Waals surface area (Å²) < 4.78 is 0. The Balaban J connectivity index is 2.25. The summed E-state index contributed by atoms with van der Waals surface area (Å²) in [5.74, 6) is 1.40. The van der Waals surface area contributed by atoms with E-state index in [0.717, 1.165) is 6.54 Å². The quantitative estimate of drug-likeness (QED) is 0.752. The van der Waals surface area contributed by atoms with Gasteiger partial charge in [-0.1, -0.05) is 43.5 Å². The predicted octanol–water partition coefficient (Wildman–Crippen LogP) is 3.62. The lowest BCUT2D eigenvalue weighted by Crippen LogP contribution is -2.21. The number of hydrogen-bond donors (Lipinski definition) is 1. The number of hydrogen-bond acceptors (Lipinski definition) is 1. The maximum Gasteiger partial charge on any atom is -0.00430 e. The molecule has 1 aliphatic carbocycles. The minimum atomic E-state index is 0.698. The largest absolute Gasteiger partial charge is 0.330 e. The van der Waals surface area contributed by atoms with Crippen molar-refractivity contribution in [3.8, 4) is 0 Å². The summed E-state index contributed by atoms with van der Waals surface area (Å²) in [6.07, 6.45) is 6.76. The third-order valence-corrected chi connectivity index (χ3v) is 4.05. The van der Waals surface area contributed by atoms with Gasteiger partial charge in [-0.3, -0.25) is 0 Å². The Morgan fingerprint density at radius 1 is 1.12 bits per heavy atom. The van der Waals surface area contributed by atoms with Gasteiger partial charge in [0.05, 0.1) is 0 Å². The Bertz CT molecular complexity index is 332. The van der Waals surface area contributed by atoms with Crippen LogP contribution in [0, 0.1) is 12.8 Å². The molecule has 2 rings (SSSR count). The Morgan fingerprint density at radius 2 is 1.88 bits per heavy atom. The van der Waals surface area contributed by atoms with Gasteiger partial charge in [-0.05, 0) is 49.3 Å². The van der Waals surface area contributed by atoms with E-state index in [2.05, 4.69) is 31.2 Å². The van der Waals surface area contributed by atoms with Crippen LogP contribution in [0.5, 0.6) is 0 Å². The van der Waals surface area contributed by atoms with Crippen LogP contribution in [0.3, 0.4) is 0 Å². The van der Waals surface area contributed by atoms with E-state index in [0.29, 0.717) is 11.8 Å². The molecule has 88 valence electrons. The van der Waals surface area contributed by atoms with Gasteiger partial charge in [-0.25, -0.2) is 0 Å². The molecular formula is C15H23N. The van der Waals surface area contributed by atoms with Crippen molar-refractivity contribution in [1.82, 2.24) is 0 Å². The number of nitrogens with two attached hydrogens (primary N) is 1. The Kier molecular flexibility index (Phi) is 4.00. The molecule has 1 fully saturated rings. The molecule has 0 bridgehead atoms. The Morgan fingerprint density at radius 3 is 2.62 bits per heavy atom. The molecule has 0 amide bonds. The monoisotopic (exact) mass is 217 g/mol. The maximum atomic E-state index is 5.95. The fourth-order valence-corrected chi connectivity index (χ4v) is 3.08. The van der Waals surface area contributed by atoms with Crippen molar-refractivity contribution in [2.45, 2.75) is 44.9 Å². The highest BCUT2D eigenvalue weighted by Gasteiger charge is 2.24. The van der Waals surface area contributed by atoms with Crippen LogP contribution in [0.25, 0.3) is 0 Å². The minimum Gasteiger partial charge on any atom is -0.330 e. The van der Waals surface area contributed by atoms with Gasteiger partial charge in [-0.2, -0.15) is 0 Å². The third kappa shape index (κ3) is 2.46. The summed E-state index contributed by atoms with van der Waals surface area (Å²) >= 11 is 0. The summed E-state index contributed by atoms with van der Waals surface area (Å²) in [5.41, 5.74) is 8.93. The molecule has 0 saturated heterocycles. The molecule has 0 heterocycles. The average molecular weight is 217 g/mol. The maximum absolute atomic E-state index is 5.95. The SMILES string of the molecule is Cc1ccccc1C1CCCCCC1CN. The zero-order valence-corrected chi connectivity index (χ0v) is 10.3. The molecule has 2 atom stereocenters. The molecule has 1 heteroatoms. The van der Waals surface area contributed by atoms with Crippen molar-refractivity contribution < 1.29 is 0 Å². The Hall–Kier alpha value is -0.820. The van der Waals surface area contributed by atoms with E-state index >= 15 is 0 Å². The molecule has 2 N–H and O–H groups in total. The average Bonchev–Trinajstić information content (AvgIpc) is 2.54. The zero-order chi connectivity index (χ0) is 11.4. The fourth-order valence-electron chi connectivity index (χ4n) is 3.08. The van der Waals surface area contributed by atoms with Gasteiger partial charge >= 0.3 is 0 Å². The van der Waals surface area contributed by atoms with Crippen molar-refractivity contribution in [3.05, 3.63) is 35.4 Å². The minimum absolute atomic E-state index is 0.698. The number of aryl methyl sites for hydroxylation is 1. The third-order valence-electron chi connectivity index (χ3n) is 4.05. The molecule has 1 aromatic carbocycles. The zero-order valence-electron chi connectivity index (χ0n) is 10.3. The molecule has 1 saturated carbocycles. The molecule has 0 spiro atoms. The molecule has 0 radical (unpaired) electrons. The second kappa shape index (κ2) is 5.49. The van der Waals surface area contributed by atoms with Crippen molar-refractivity contribution in [3.63, 3.8) is 0 Å². The highest BCUT2D eigenvalue weighted by Crippen LogP contribution is 2.37. The van der Waals surface area contributed by atoms with E-state index in [4.69, 9.17) is 5.73 Å². The second-order valence-corrected chi connectivity index (χ2v) is 5.10. The van der Waals surface area contributed by atoms with Crippen molar-refractivity contribution in [2.24, 2.45) is 11.7 Å². The van der Waals surface area contributed by atoms with Gasteiger partial charge in [0.25, 0.3) is 0 Å². The molecule has 2 unspecified atom stereocenters. The highest BCUT2D eigenvalue weighted by molar-refractivity contribution is 5.29. The highest BCUT2D eigenvalue weighted by atomic mass is 14.6. The lowest BCUT2D eigenvalue weighted by Gasteiger charge is -2.25. The van der Waals surface area contributed by atoms with Crippen LogP contribution in [0.4, 0.5) is 0 Å². The summed E-state index contributed by atoms with van der Waals surface area (Å²) in [6, 6.07) is 8.83. The molecule has 0 aromatic heterocycles. The molecule has 1 aliphatic rings. The van der Waals surface area contributed by atoms with Crippen LogP contribution in [0.1, 0.15) is 49.1 Å². The van der Waals surface area contributed by atoms with E-state index in [-0.39, 0.29) is 0 Å². The number of rotatable bonds is 2. The summed E-state index contributed by atoms with van der Waals surface area (Å²) in [7, 11) is 0. The molecular weight excluding hydrogens is 194 g/mol. The molecule has 1 aromatic rings. The first kappa shape index (κ1) is 11.7. The van der Waals surface area contributed by atoms with E-state index in [1.165, 1.54) is 37.7 Å². The normalized spacial score (nSPS) is 26.4. The van der Waals surface area contributed by atoms with Crippen LogP contribution in [-0.2, 0) is 0 Å². The van der Waals surface area contributed by atoms with Crippen LogP contribution in [0.2, 0.25) is 0 Å². The Labute approximate surface area is 99.0 Å². The van der Waals surface area contributed by atoms with Gasteiger partial charge in [-0.15, -0.1) is 0 Å². The lowest BCUT2D eigenvalue weighted by molar-refractivity contribution is 0.407. The van der Waals surface area contributed by atoms with Crippen LogP contribution >= 0.6 is 0 Å². The molecule has 16 heavy (non-hydrogen) atoms. The summed E-state index contributed by atoms with van der Waals surface area (Å²) in [6.45, 7) is 3.08. The lowest BCUT2D eigenvalue weighted by atomic mass is 9.81. The van der Waals surface area contributed by atoms with E-state index in [1.807, 2.05) is 0 Å². The van der Waals surface area contributed by atoms with Gasteiger partial charge < -0.3 is 5.73 Å². The van der Waals surface area contributed by atoms with E-state index in [9.17, 15) is 0 Å². The second-order valence-electron chi connectivity index (χ2n) is 5.10. The standard InChI is InChI=1S/C15H23N/c1-12-7-5-6-9-14(12)15-10-4-2-3-8-13(15)11-16/h5-7,9,13,15H,2-4,8,10-11,16H2,1H3. The first-order chi connectivity index (χ1) is 7.83. The number of benzene rings is 1. The first-order valence-corrected chi connectivity index (χ1v) is 6.58. The smallest absolute Gasteiger partial charge is 0.00430 e. The van der Waals surface area contributed by atoms with Crippen LogP contribution in [-0.4, -0.2) is 6.54 Å². The van der Waals surface area contributed by atoms with Crippen molar-refractivity contribution in [2.75, 3.05) is 6.54 Å². The summed E-state index contributed by atoms with van der Waals surface area (Å²) in [5, 5.41) is 0. The van der Waals surface area contributed by atoms with Gasteiger partial charge in [0, 0.05) is 0 Å². The predicted molar refractivity (Wildman–Crippen MR) is 69.5 cm³/mol. The van der Waals surface area contributed by atoms with Gasteiger partial charge in [0.1, 0.15) is 0 Å². The van der Waals surface area contributed by atoms with Crippen LogP contribution in [0.15, 0.2) is 24.3 Å². The topological polar surface area (TPSA) is 26.0 Å². The van der Waals surface area contributed by atoms with Gasteiger partial charge in [0.15, 0.2) is 0 Å². The van der Waals surface area contributed by atoms with Crippen molar-refractivity contribution >= 4 is 0 Å². The van der Waals surface area contributed by atoms with Crippen molar-refractivity contribution in [1.29, 1.82) is 0 Å². The van der Waals surface area contributed by atoms with Gasteiger partial charge in [0.2, 0.25) is 0 Å².